The van der Waals surface area contributed by atoms with E-state index < -0.39 is 17.9 Å². The van der Waals surface area contributed by atoms with Crippen molar-refractivity contribution >= 4 is 17.7 Å². The van der Waals surface area contributed by atoms with E-state index in [-0.39, 0.29) is 18.9 Å². The molecule has 3 amide bonds. The second-order valence-electron chi connectivity index (χ2n) is 4.49. The fourth-order valence-corrected chi connectivity index (χ4v) is 1.42. The monoisotopic (exact) mass is 312 g/mol. The molecule has 22 heavy (non-hydrogen) atoms. The molecular formula is C14H24N4O4. The number of nitrogens with one attached hydrogen (secondary N) is 3. The highest BCUT2D eigenvalue weighted by Crippen LogP contribution is 1.89. The van der Waals surface area contributed by atoms with Crippen LogP contribution in [-0.4, -0.2) is 57.1 Å². The number of terminal acetylenes is 1. The number of primary amides is 1. The van der Waals surface area contributed by atoms with Gasteiger partial charge in [-0.2, -0.15) is 0 Å². The van der Waals surface area contributed by atoms with Crippen molar-refractivity contribution in [2.24, 2.45) is 5.73 Å². The van der Waals surface area contributed by atoms with Gasteiger partial charge in [0.05, 0.1) is 13.0 Å². The lowest BCUT2D eigenvalue weighted by Gasteiger charge is -2.09. The molecule has 0 fully saturated rings. The third-order valence-electron chi connectivity index (χ3n) is 2.62. The number of nitrogens with two attached hydrogens (primary N) is 1. The number of ether oxygens (including phenoxy) is 1. The molecule has 0 radical (unpaired) electrons. The molecule has 1 unspecified atom stereocenters. The number of hydrogen-bond acceptors (Lipinski definition) is 5. The molecule has 8 heteroatoms. The van der Waals surface area contributed by atoms with Crippen LogP contribution in [0.5, 0.6) is 0 Å². The summed E-state index contributed by atoms with van der Waals surface area (Å²) in [6.07, 6.45) is 6.23. The average Bonchev–Trinajstić information content (AvgIpc) is 2.49. The summed E-state index contributed by atoms with van der Waals surface area (Å²) in [7, 11) is 1.78. The van der Waals surface area contributed by atoms with Crippen LogP contribution >= 0.6 is 0 Å². The van der Waals surface area contributed by atoms with Crippen molar-refractivity contribution in [3.8, 4) is 12.3 Å². The zero-order valence-corrected chi connectivity index (χ0v) is 12.8. The average molecular weight is 312 g/mol. The molecule has 0 saturated carbocycles. The molecular weight excluding hydrogens is 288 g/mol. The Kier molecular flexibility index (Phi) is 11.4. The molecule has 0 rings (SSSR count). The molecule has 0 aliphatic rings. The minimum Gasteiger partial charge on any atom is -0.381 e. The van der Waals surface area contributed by atoms with Crippen molar-refractivity contribution in [2.75, 3.05) is 33.4 Å². The maximum atomic E-state index is 11.4. The van der Waals surface area contributed by atoms with E-state index in [1.54, 1.807) is 7.05 Å². The molecule has 0 saturated heterocycles. The highest BCUT2D eigenvalue weighted by molar-refractivity contribution is 5.89. The summed E-state index contributed by atoms with van der Waals surface area (Å²) in [5.41, 5.74) is 4.99. The van der Waals surface area contributed by atoms with Gasteiger partial charge in [-0.05, 0) is 13.5 Å². The molecule has 0 aliphatic carbocycles. The second-order valence-corrected chi connectivity index (χ2v) is 4.49. The van der Waals surface area contributed by atoms with Crippen molar-refractivity contribution in [3.63, 3.8) is 0 Å². The zero-order valence-electron chi connectivity index (χ0n) is 12.8. The fraction of sp³-hybridized carbons (Fsp3) is 0.643. The molecule has 5 N–H and O–H groups in total. The molecule has 0 aromatic rings. The highest BCUT2D eigenvalue weighted by Gasteiger charge is 2.14. The summed E-state index contributed by atoms with van der Waals surface area (Å²) in [5.74, 6) is 0.897. The normalized spacial score (nSPS) is 11.3. The Morgan fingerprint density at radius 2 is 1.91 bits per heavy atom. The van der Waals surface area contributed by atoms with Gasteiger partial charge in [0.15, 0.2) is 6.04 Å². The predicted octanol–water partition coefficient (Wildman–Crippen LogP) is -1.89. The Morgan fingerprint density at radius 1 is 1.18 bits per heavy atom. The third kappa shape index (κ3) is 10.7. The molecule has 0 aromatic carbocycles. The topological polar surface area (TPSA) is 123 Å². The SMILES string of the molecule is C#CC(NC(=O)CCOCCCNC(=O)CCNC)C(N)=O. The number of carbonyl (C=O) groups is 3. The largest absolute Gasteiger partial charge is 0.381 e. The molecule has 0 aromatic heterocycles. The summed E-state index contributed by atoms with van der Waals surface area (Å²) in [4.78, 5) is 33.5. The minimum absolute atomic E-state index is 0.0134. The van der Waals surface area contributed by atoms with Crippen molar-refractivity contribution in [1.82, 2.24) is 16.0 Å². The van der Waals surface area contributed by atoms with E-state index in [1.807, 2.05) is 0 Å². The van der Waals surface area contributed by atoms with E-state index in [2.05, 4.69) is 21.9 Å². The summed E-state index contributed by atoms with van der Waals surface area (Å²) in [5, 5.41) is 7.95. The van der Waals surface area contributed by atoms with E-state index in [0.29, 0.717) is 32.5 Å². The van der Waals surface area contributed by atoms with Crippen LogP contribution < -0.4 is 21.7 Å². The van der Waals surface area contributed by atoms with Crippen molar-refractivity contribution < 1.29 is 19.1 Å². The molecule has 0 bridgehead atoms. The number of carbonyl (C=O) groups excluding carboxylic acids is 3. The van der Waals surface area contributed by atoms with Crippen LogP contribution in [0.4, 0.5) is 0 Å². The summed E-state index contributed by atoms with van der Waals surface area (Å²) in [6.45, 7) is 1.79. The van der Waals surface area contributed by atoms with E-state index in [0.717, 1.165) is 0 Å². The molecule has 8 nitrogen and oxygen atoms in total. The van der Waals surface area contributed by atoms with Gasteiger partial charge in [-0.1, -0.05) is 5.92 Å². The number of rotatable bonds is 12. The third-order valence-corrected chi connectivity index (χ3v) is 2.62. The fourth-order valence-electron chi connectivity index (χ4n) is 1.42. The van der Waals surface area contributed by atoms with Gasteiger partial charge >= 0.3 is 0 Å². The van der Waals surface area contributed by atoms with Gasteiger partial charge < -0.3 is 26.4 Å². The van der Waals surface area contributed by atoms with Crippen molar-refractivity contribution in [3.05, 3.63) is 0 Å². The van der Waals surface area contributed by atoms with Gasteiger partial charge in [-0.25, -0.2) is 0 Å². The molecule has 1 atom stereocenters. The summed E-state index contributed by atoms with van der Waals surface area (Å²) in [6, 6.07) is -1.10. The molecule has 0 spiro atoms. The van der Waals surface area contributed by atoms with Gasteiger partial charge in [0, 0.05) is 26.1 Å². The van der Waals surface area contributed by atoms with Gasteiger partial charge in [0.1, 0.15) is 0 Å². The first kappa shape index (κ1) is 19.9. The van der Waals surface area contributed by atoms with Crippen LogP contribution in [0.25, 0.3) is 0 Å². The van der Waals surface area contributed by atoms with E-state index in [1.165, 1.54) is 0 Å². The molecule has 0 heterocycles. The lowest BCUT2D eigenvalue weighted by molar-refractivity contribution is -0.126. The number of amides is 3. The molecule has 0 aliphatic heterocycles. The quantitative estimate of drug-likeness (QED) is 0.248. The van der Waals surface area contributed by atoms with Crippen LogP contribution in [-0.2, 0) is 19.1 Å². The Morgan fingerprint density at radius 3 is 2.50 bits per heavy atom. The van der Waals surface area contributed by atoms with E-state index in [9.17, 15) is 14.4 Å². The van der Waals surface area contributed by atoms with Gasteiger partial charge in [-0.15, -0.1) is 6.42 Å². The van der Waals surface area contributed by atoms with Crippen LogP contribution in [0, 0.1) is 12.3 Å². The smallest absolute Gasteiger partial charge is 0.252 e. The van der Waals surface area contributed by atoms with Gasteiger partial charge in [0.2, 0.25) is 11.8 Å². The Bertz CT molecular complexity index is 406. The first-order valence-electron chi connectivity index (χ1n) is 7.05. The van der Waals surface area contributed by atoms with Crippen LogP contribution in [0.2, 0.25) is 0 Å². The van der Waals surface area contributed by atoms with Gasteiger partial charge in [-0.3, -0.25) is 14.4 Å². The minimum atomic E-state index is -1.10. The maximum Gasteiger partial charge on any atom is 0.252 e. The Balaban J connectivity index is 3.54. The summed E-state index contributed by atoms with van der Waals surface area (Å²) >= 11 is 0. The first-order valence-corrected chi connectivity index (χ1v) is 7.05. The summed E-state index contributed by atoms with van der Waals surface area (Å²) < 4.78 is 5.25. The standard InChI is InChI=1S/C14H24N4O4/c1-3-11(14(15)21)18-13(20)6-10-22-9-4-7-17-12(19)5-8-16-2/h1,11,16H,4-10H2,2H3,(H2,15,21)(H,17,19)(H,18,20). The predicted molar refractivity (Wildman–Crippen MR) is 81.6 cm³/mol. The Labute approximate surface area is 130 Å². The van der Waals surface area contributed by atoms with Crippen LogP contribution in [0.15, 0.2) is 0 Å². The zero-order chi connectivity index (χ0) is 16.8. The molecule has 124 valence electrons. The first-order chi connectivity index (χ1) is 10.5. The van der Waals surface area contributed by atoms with Gasteiger partial charge in [0.25, 0.3) is 5.91 Å². The van der Waals surface area contributed by atoms with Crippen molar-refractivity contribution in [2.45, 2.75) is 25.3 Å². The second kappa shape index (κ2) is 12.6. The Hall–Kier alpha value is -2.11. The van der Waals surface area contributed by atoms with Crippen LogP contribution in [0.1, 0.15) is 19.3 Å². The van der Waals surface area contributed by atoms with Crippen LogP contribution in [0.3, 0.4) is 0 Å². The number of hydrogen-bond donors (Lipinski definition) is 4. The van der Waals surface area contributed by atoms with E-state index in [4.69, 9.17) is 16.9 Å². The highest BCUT2D eigenvalue weighted by atomic mass is 16.5. The maximum absolute atomic E-state index is 11.4. The lowest BCUT2D eigenvalue weighted by Crippen LogP contribution is -2.43. The lowest BCUT2D eigenvalue weighted by atomic mass is 10.3. The van der Waals surface area contributed by atoms with E-state index >= 15 is 0 Å². The van der Waals surface area contributed by atoms with Crippen molar-refractivity contribution in [1.29, 1.82) is 0 Å².